The minimum atomic E-state index is 0.141. The van der Waals surface area contributed by atoms with Crippen LogP contribution in [0.2, 0.25) is 0 Å². The summed E-state index contributed by atoms with van der Waals surface area (Å²) in [6.45, 7) is 6.71. The fraction of sp³-hybridized carbons (Fsp3) is 0.900. The maximum atomic E-state index is 11.4. The number of hydrogen-bond acceptors (Lipinski definition) is 1. The Hall–Kier alpha value is -0.240. The summed E-state index contributed by atoms with van der Waals surface area (Å²) in [6.07, 6.45) is 2.67. The molecule has 0 rings (SSSR count). The predicted octanol–water partition coefficient (Wildman–Crippen LogP) is 2.56. The molecule has 3 heteroatoms. The summed E-state index contributed by atoms with van der Waals surface area (Å²) < 4.78 is 0. The van der Waals surface area contributed by atoms with E-state index in [2.05, 4.69) is 5.32 Å². The predicted molar refractivity (Wildman–Crippen MR) is 57.0 cm³/mol. The maximum Gasteiger partial charge on any atom is 0.223 e. The minimum absolute atomic E-state index is 0.141. The van der Waals surface area contributed by atoms with Gasteiger partial charge in [0, 0.05) is 17.8 Å². The Kier molecular flexibility index (Phi) is 7.06. The summed E-state index contributed by atoms with van der Waals surface area (Å²) in [6, 6.07) is 0. The number of rotatable bonds is 6. The molecule has 0 saturated carbocycles. The summed E-state index contributed by atoms with van der Waals surface area (Å²) in [5.74, 6) is 0.341. The second-order valence-corrected chi connectivity index (χ2v) is 4.12. The first kappa shape index (κ1) is 12.8. The number of nitrogens with one attached hydrogen (secondary N) is 1. The van der Waals surface area contributed by atoms with Crippen molar-refractivity contribution in [1.82, 2.24) is 5.32 Å². The molecule has 0 aliphatic heterocycles. The highest BCUT2D eigenvalue weighted by atomic mass is 35.5. The number of amides is 1. The maximum absolute atomic E-state index is 11.4. The Balaban J connectivity index is 3.60. The van der Waals surface area contributed by atoms with Gasteiger partial charge in [0.15, 0.2) is 0 Å². The van der Waals surface area contributed by atoms with Crippen LogP contribution in [0.25, 0.3) is 0 Å². The van der Waals surface area contributed by atoms with Gasteiger partial charge in [0.1, 0.15) is 0 Å². The van der Waals surface area contributed by atoms with E-state index in [1.54, 1.807) is 0 Å². The van der Waals surface area contributed by atoms with Crippen LogP contribution in [0, 0.1) is 5.92 Å². The van der Waals surface area contributed by atoms with Gasteiger partial charge in [0.25, 0.3) is 0 Å². The van der Waals surface area contributed by atoms with Crippen molar-refractivity contribution in [3.05, 3.63) is 0 Å². The monoisotopic (exact) mass is 205 g/mol. The zero-order chi connectivity index (χ0) is 10.3. The van der Waals surface area contributed by atoms with Gasteiger partial charge in [-0.05, 0) is 26.2 Å². The first-order valence-corrected chi connectivity index (χ1v) is 5.47. The van der Waals surface area contributed by atoms with Crippen LogP contribution in [0.1, 0.15) is 40.0 Å². The lowest BCUT2D eigenvalue weighted by molar-refractivity contribution is -0.125. The SMILES string of the molecule is CCC(CC)C(=O)NCCC(C)Cl. The minimum Gasteiger partial charge on any atom is -0.356 e. The molecule has 1 unspecified atom stereocenters. The lowest BCUT2D eigenvalue weighted by atomic mass is 10.0. The zero-order valence-electron chi connectivity index (χ0n) is 8.77. The molecule has 1 amide bonds. The third-order valence-corrected chi connectivity index (χ3v) is 2.42. The van der Waals surface area contributed by atoms with Crippen LogP contribution in [0.5, 0.6) is 0 Å². The molecule has 1 N–H and O–H groups in total. The van der Waals surface area contributed by atoms with Gasteiger partial charge in [0.05, 0.1) is 0 Å². The molecule has 0 aromatic carbocycles. The van der Waals surface area contributed by atoms with Crippen LogP contribution in [0.3, 0.4) is 0 Å². The summed E-state index contributed by atoms with van der Waals surface area (Å²) in [7, 11) is 0. The van der Waals surface area contributed by atoms with Crippen molar-refractivity contribution in [1.29, 1.82) is 0 Å². The first-order chi connectivity index (χ1) is 6.11. The van der Waals surface area contributed by atoms with E-state index in [0.29, 0.717) is 6.54 Å². The zero-order valence-corrected chi connectivity index (χ0v) is 9.53. The number of hydrogen-bond donors (Lipinski definition) is 1. The van der Waals surface area contributed by atoms with E-state index in [1.165, 1.54) is 0 Å². The highest BCUT2D eigenvalue weighted by Crippen LogP contribution is 2.07. The molecule has 0 aliphatic rings. The van der Waals surface area contributed by atoms with Crippen LogP contribution in [-0.2, 0) is 4.79 Å². The van der Waals surface area contributed by atoms with E-state index < -0.39 is 0 Å². The second-order valence-electron chi connectivity index (χ2n) is 3.37. The number of alkyl halides is 1. The van der Waals surface area contributed by atoms with Crippen LogP contribution >= 0.6 is 11.6 Å². The Labute approximate surface area is 86.0 Å². The number of carbonyl (C=O) groups excluding carboxylic acids is 1. The van der Waals surface area contributed by atoms with Gasteiger partial charge in [0.2, 0.25) is 5.91 Å². The van der Waals surface area contributed by atoms with Crippen LogP contribution in [0.15, 0.2) is 0 Å². The molecule has 0 bridgehead atoms. The van der Waals surface area contributed by atoms with Gasteiger partial charge in [-0.25, -0.2) is 0 Å². The van der Waals surface area contributed by atoms with Gasteiger partial charge in [-0.1, -0.05) is 13.8 Å². The van der Waals surface area contributed by atoms with Crippen molar-refractivity contribution in [2.45, 2.75) is 45.4 Å². The van der Waals surface area contributed by atoms with Gasteiger partial charge in [-0.15, -0.1) is 11.6 Å². The molecule has 0 fully saturated rings. The van der Waals surface area contributed by atoms with Gasteiger partial charge < -0.3 is 5.32 Å². The Morgan fingerprint density at radius 1 is 1.38 bits per heavy atom. The average molecular weight is 206 g/mol. The van der Waals surface area contributed by atoms with E-state index >= 15 is 0 Å². The van der Waals surface area contributed by atoms with E-state index in [4.69, 9.17) is 11.6 Å². The quantitative estimate of drug-likeness (QED) is 0.664. The molecule has 0 aromatic heterocycles. The normalized spacial score (nSPS) is 13.0. The lowest BCUT2D eigenvalue weighted by Crippen LogP contribution is -2.31. The van der Waals surface area contributed by atoms with Crippen molar-refractivity contribution in [3.8, 4) is 0 Å². The van der Waals surface area contributed by atoms with Gasteiger partial charge >= 0.3 is 0 Å². The van der Waals surface area contributed by atoms with Gasteiger partial charge in [-0.3, -0.25) is 4.79 Å². The molecule has 78 valence electrons. The lowest BCUT2D eigenvalue weighted by Gasteiger charge is -2.12. The molecule has 0 spiro atoms. The van der Waals surface area contributed by atoms with Crippen molar-refractivity contribution in [3.63, 3.8) is 0 Å². The van der Waals surface area contributed by atoms with Crippen LogP contribution < -0.4 is 5.32 Å². The van der Waals surface area contributed by atoms with Gasteiger partial charge in [-0.2, -0.15) is 0 Å². The number of halogens is 1. The van der Waals surface area contributed by atoms with Crippen LogP contribution in [-0.4, -0.2) is 17.8 Å². The summed E-state index contributed by atoms with van der Waals surface area (Å²) in [4.78, 5) is 11.4. The molecule has 0 saturated heterocycles. The molecule has 1 atom stereocenters. The third kappa shape index (κ3) is 5.92. The second kappa shape index (κ2) is 7.19. The van der Waals surface area contributed by atoms with Crippen molar-refractivity contribution >= 4 is 17.5 Å². The molecule has 2 nitrogen and oxygen atoms in total. The molecule has 0 radical (unpaired) electrons. The topological polar surface area (TPSA) is 29.1 Å². The first-order valence-electron chi connectivity index (χ1n) is 5.03. The van der Waals surface area contributed by atoms with Crippen molar-refractivity contribution < 1.29 is 4.79 Å². The van der Waals surface area contributed by atoms with Crippen molar-refractivity contribution in [2.75, 3.05) is 6.54 Å². The summed E-state index contributed by atoms with van der Waals surface area (Å²) in [5.41, 5.74) is 0. The van der Waals surface area contributed by atoms with Crippen molar-refractivity contribution in [2.24, 2.45) is 5.92 Å². The smallest absolute Gasteiger partial charge is 0.223 e. The summed E-state index contributed by atoms with van der Waals surface area (Å²) >= 11 is 5.76. The standard InChI is InChI=1S/C10H20ClNO/c1-4-9(5-2)10(13)12-7-6-8(3)11/h8-9H,4-7H2,1-3H3,(H,12,13). The Morgan fingerprint density at radius 3 is 2.31 bits per heavy atom. The van der Waals surface area contributed by atoms with E-state index in [-0.39, 0.29) is 17.2 Å². The highest BCUT2D eigenvalue weighted by Gasteiger charge is 2.12. The average Bonchev–Trinajstić information content (AvgIpc) is 2.05. The summed E-state index contributed by atoms with van der Waals surface area (Å²) in [5, 5.41) is 3.03. The van der Waals surface area contributed by atoms with E-state index in [1.807, 2.05) is 20.8 Å². The number of carbonyl (C=O) groups is 1. The highest BCUT2D eigenvalue weighted by molar-refractivity contribution is 6.20. The molecule has 0 aliphatic carbocycles. The fourth-order valence-electron chi connectivity index (χ4n) is 1.20. The fourth-order valence-corrected chi connectivity index (χ4v) is 1.31. The largest absolute Gasteiger partial charge is 0.356 e. The van der Waals surface area contributed by atoms with E-state index in [9.17, 15) is 4.79 Å². The van der Waals surface area contributed by atoms with E-state index in [0.717, 1.165) is 19.3 Å². The Morgan fingerprint density at radius 2 is 1.92 bits per heavy atom. The molecule has 13 heavy (non-hydrogen) atoms. The molecular weight excluding hydrogens is 186 g/mol. The van der Waals surface area contributed by atoms with Crippen LogP contribution in [0.4, 0.5) is 0 Å². The molecular formula is C10H20ClNO. The molecule has 0 heterocycles. The third-order valence-electron chi connectivity index (χ3n) is 2.20. The Bertz CT molecular complexity index is 144. The molecule has 0 aromatic rings.